The van der Waals surface area contributed by atoms with Gasteiger partial charge >= 0.3 is 7.60 Å². The Labute approximate surface area is 119 Å². The van der Waals surface area contributed by atoms with Crippen LogP contribution < -0.4 is 0 Å². The summed E-state index contributed by atoms with van der Waals surface area (Å²) in [5.74, 6) is 0. The fourth-order valence-electron chi connectivity index (χ4n) is 2.10. The first-order valence-corrected chi connectivity index (χ1v) is 9.43. The van der Waals surface area contributed by atoms with Crippen LogP contribution in [0.15, 0.2) is 0 Å². The second-order valence-corrected chi connectivity index (χ2v) is 7.32. The van der Waals surface area contributed by atoms with E-state index in [-0.39, 0.29) is 6.16 Å². The molecule has 0 saturated carbocycles. The highest BCUT2D eigenvalue weighted by Gasteiger charge is 2.19. The summed E-state index contributed by atoms with van der Waals surface area (Å²) in [4.78, 5) is 9.50. The predicted octanol–water partition coefficient (Wildman–Crippen LogP) is 4.59. The largest absolute Gasteiger partial charge is 0.344 e. The fraction of sp³-hybridized carbons (Fsp3) is 1.00. The van der Waals surface area contributed by atoms with E-state index in [4.69, 9.17) is 4.62 Å². The Morgan fingerprint density at radius 1 is 0.895 bits per heavy atom. The van der Waals surface area contributed by atoms with E-state index in [2.05, 4.69) is 6.92 Å². The minimum Gasteiger partial charge on any atom is -0.323 e. The summed E-state index contributed by atoms with van der Waals surface area (Å²) in [6.45, 7) is 2.24. The van der Waals surface area contributed by atoms with Gasteiger partial charge in [-0.2, -0.15) is 5.06 Å². The topological polar surface area (TPSA) is 49.8 Å². The third-order valence-corrected chi connectivity index (χ3v) is 4.55. The van der Waals surface area contributed by atoms with E-state index in [0.29, 0.717) is 0 Å². The van der Waals surface area contributed by atoms with Crippen molar-refractivity contribution >= 4 is 7.60 Å². The van der Waals surface area contributed by atoms with E-state index >= 15 is 0 Å². The zero-order valence-electron chi connectivity index (χ0n) is 12.9. The maximum Gasteiger partial charge on any atom is 0.344 e. The van der Waals surface area contributed by atoms with Crippen LogP contribution in [0.5, 0.6) is 0 Å². The number of unbranched alkanes of at least 4 members (excludes halogenated alkanes) is 9. The van der Waals surface area contributed by atoms with Crippen LogP contribution in [0, 0.1) is 0 Å². The van der Waals surface area contributed by atoms with Gasteiger partial charge in [0.25, 0.3) is 0 Å². The Kier molecular flexibility index (Phi) is 12.0. The van der Waals surface area contributed by atoms with Gasteiger partial charge in [-0.25, -0.2) is 4.62 Å². The molecule has 0 aromatic carbocycles. The monoisotopic (exact) mass is 293 g/mol. The second kappa shape index (κ2) is 11.9. The standard InChI is InChI=1S/C14H32NO3P/c1-4-5-6-7-8-9-10-11-12-13-14-19(16,17)18-15(2)3/h4-14H2,1-3H3,(H,16,17). The van der Waals surface area contributed by atoms with E-state index < -0.39 is 7.60 Å². The SMILES string of the molecule is CCCCCCCCCCCCP(=O)(O)ON(C)C. The van der Waals surface area contributed by atoms with E-state index in [1.165, 1.54) is 50.0 Å². The number of hydrogen-bond acceptors (Lipinski definition) is 3. The molecule has 0 aliphatic heterocycles. The lowest BCUT2D eigenvalue weighted by atomic mass is 10.1. The highest BCUT2D eigenvalue weighted by Crippen LogP contribution is 2.43. The van der Waals surface area contributed by atoms with Crippen molar-refractivity contribution in [3.05, 3.63) is 0 Å². The van der Waals surface area contributed by atoms with Gasteiger partial charge in [0.05, 0.1) is 6.16 Å². The zero-order valence-corrected chi connectivity index (χ0v) is 13.8. The molecular weight excluding hydrogens is 261 g/mol. The van der Waals surface area contributed by atoms with E-state index in [1.807, 2.05) is 0 Å². The maximum atomic E-state index is 11.6. The van der Waals surface area contributed by atoms with Crippen LogP contribution in [0.25, 0.3) is 0 Å². The normalized spacial score (nSPS) is 14.8. The number of nitrogens with zero attached hydrogens (tertiary/aromatic N) is 1. The summed E-state index contributed by atoms with van der Waals surface area (Å²) in [7, 11) is -0.144. The van der Waals surface area contributed by atoms with Crippen molar-refractivity contribution in [3.63, 3.8) is 0 Å². The molecule has 0 fully saturated rings. The lowest BCUT2D eigenvalue weighted by molar-refractivity contribution is -0.0146. The number of hydroxylamine groups is 2. The number of hydrogen-bond donors (Lipinski definition) is 1. The Hall–Kier alpha value is 0.110. The molecular formula is C14H32NO3P. The fourth-order valence-corrected chi connectivity index (χ4v) is 3.31. The molecule has 0 radical (unpaired) electrons. The first-order chi connectivity index (χ1) is 8.98. The first kappa shape index (κ1) is 19.1. The molecule has 0 rings (SSSR count). The molecule has 0 bridgehead atoms. The Morgan fingerprint density at radius 2 is 1.32 bits per heavy atom. The van der Waals surface area contributed by atoms with Gasteiger partial charge in [-0.1, -0.05) is 64.7 Å². The second-order valence-electron chi connectivity index (χ2n) is 5.44. The molecule has 116 valence electrons. The molecule has 0 amide bonds. The summed E-state index contributed by atoms with van der Waals surface area (Å²) in [5, 5.41) is 1.30. The molecule has 1 unspecified atom stereocenters. The highest BCUT2D eigenvalue weighted by molar-refractivity contribution is 7.52. The predicted molar refractivity (Wildman–Crippen MR) is 81.3 cm³/mol. The van der Waals surface area contributed by atoms with Crippen LogP contribution in [-0.4, -0.2) is 30.2 Å². The molecule has 19 heavy (non-hydrogen) atoms. The van der Waals surface area contributed by atoms with Gasteiger partial charge < -0.3 is 4.89 Å². The minimum atomic E-state index is -3.40. The number of rotatable bonds is 13. The van der Waals surface area contributed by atoms with Crippen molar-refractivity contribution in [2.45, 2.75) is 71.1 Å². The Morgan fingerprint density at radius 3 is 1.74 bits per heavy atom. The third kappa shape index (κ3) is 14.3. The van der Waals surface area contributed by atoms with Gasteiger partial charge in [0, 0.05) is 14.1 Å². The van der Waals surface area contributed by atoms with Crippen LogP contribution in [0.1, 0.15) is 71.1 Å². The molecule has 0 saturated heterocycles. The summed E-state index contributed by atoms with van der Waals surface area (Å²) in [5.41, 5.74) is 0. The van der Waals surface area contributed by atoms with Crippen molar-refractivity contribution < 1.29 is 14.1 Å². The molecule has 0 aromatic heterocycles. The van der Waals surface area contributed by atoms with Crippen LogP contribution in [0.2, 0.25) is 0 Å². The highest BCUT2D eigenvalue weighted by atomic mass is 31.2. The van der Waals surface area contributed by atoms with E-state index in [9.17, 15) is 9.46 Å². The summed E-state index contributed by atoms with van der Waals surface area (Å²) in [6, 6.07) is 0. The Balaban J connectivity index is 3.29. The van der Waals surface area contributed by atoms with Gasteiger partial charge in [0.15, 0.2) is 0 Å². The lowest BCUT2D eigenvalue weighted by Crippen LogP contribution is -2.11. The zero-order chi connectivity index (χ0) is 14.6. The quantitative estimate of drug-likeness (QED) is 0.306. The molecule has 0 spiro atoms. The van der Waals surface area contributed by atoms with Crippen LogP contribution in [0.3, 0.4) is 0 Å². The average molecular weight is 293 g/mol. The maximum absolute atomic E-state index is 11.6. The van der Waals surface area contributed by atoms with Gasteiger partial charge in [-0.05, 0) is 6.42 Å². The van der Waals surface area contributed by atoms with Gasteiger partial charge in [-0.3, -0.25) is 4.57 Å². The molecule has 0 heterocycles. The summed E-state index contributed by atoms with van der Waals surface area (Å²) in [6.07, 6.45) is 12.5. The van der Waals surface area contributed by atoms with Crippen molar-refractivity contribution in [2.75, 3.05) is 20.3 Å². The molecule has 0 aliphatic rings. The van der Waals surface area contributed by atoms with Crippen LogP contribution >= 0.6 is 7.60 Å². The molecule has 0 aliphatic carbocycles. The molecule has 1 atom stereocenters. The van der Waals surface area contributed by atoms with Crippen LogP contribution in [-0.2, 0) is 9.19 Å². The molecule has 5 heteroatoms. The summed E-state index contributed by atoms with van der Waals surface area (Å²) < 4.78 is 16.4. The van der Waals surface area contributed by atoms with Gasteiger partial charge in [-0.15, -0.1) is 0 Å². The Bertz CT molecular complexity index is 247. The molecule has 0 aromatic rings. The molecule has 4 nitrogen and oxygen atoms in total. The molecule has 1 N–H and O–H groups in total. The van der Waals surface area contributed by atoms with Gasteiger partial charge in [0.2, 0.25) is 0 Å². The first-order valence-electron chi connectivity index (χ1n) is 7.67. The van der Waals surface area contributed by atoms with Crippen molar-refractivity contribution in [1.82, 2.24) is 5.06 Å². The van der Waals surface area contributed by atoms with Crippen molar-refractivity contribution in [1.29, 1.82) is 0 Å². The van der Waals surface area contributed by atoms with Crippen molar-refractivity contribution in [3.8, 4) is 0 Å². The van der Waals surface area contributed by atoms with Gasteiger partial charge in [0.1, 0.15) is 0 Å². The summed E-state index contributed by atoms with van der Waals surface area (Å²) >= 11 is 0. The third-order valence-electron chi connectivity index (χ3n) is 3.09. The smallest absolute Gasteiger partial charge is 0.323 e. The van der Waals surface area contributed by atoms with Crippen molar-refractivity contribution in [2.24, 2.45) is 0 Å². The van der Waals surface area contributed by atoms with Crippen LogP contribution in [0.4, 0.5) is 0 Å². The van der Waals surface area contributed by atoms with E-state index in [1.54, 1.807) is 14.1 Å². The average Bonchev–Trinajstić information content (AvgIpc) is 2.30. The minimum absolute atomic E-state index is 0.266. The van der Waals surface area contributed by atoms with E-state index in [0.717, 1.165) is 19.3 Å². The lowest BCUT2D eigenvalue weighted by Gasteiger charge is -2.15.